The van der Waals surface area contributed by atoms with E-state index in [1.807, 2.05) is 12.1 Å². The van der Waals surface area contributed by atoms with Gasteiger partial charge in [-0.1, -0.05) is 0 Å². The van der Waals surface area contributed by atoms with Crippen molar-refractivity contribution in [2.75, 3.05) is 7.11 Å². The van der Waals surface area contributed by atoms with Crippen molar-refractivity contribution in [1.82, 2.24) is 10.2 Å². The molecular formula is C15H12N2O4. The lowest BCUT2D eigenvalue weighted by molar-refractivity contribution is 0.0693. The van der Waals surface area contributed by atoms with E-state index in [9.17, 15) is 9.90 Å². The number of rotatable bonds is 4. The van der Waals surface area contributed by atoms with Gasteiger partial charge in [-0.3, -0.25) is 5.10 Å². The Morgan fingerprint density at radius 3 is 2.90 bits per heavy atom. The highest BCUT2D eigenvalue weighted by molar-refractivity contribution is 6.02. The van der Waals surface area contributed by atoms with Gasteiger partial charge >= 0.3 is 5.97 Å². The highest BCUT2D eigenvalue weighted by Gasteiger charge is 2.17. The quantitative estimate of drug-likeness (QED) is 0.768. The van der Waals surface area contributed by atoms with Crippen LogP contribution in [0.25, 0.3) is 23.1 Å². The summed E-state index contributed by atoms with van der Waals surface area (Å²) in [5.41, 5.74) is 2.30. The van der Waals surface area contributed by atoms with E-state index in [0.717, 1.165) is 5.56 Å². The molecule has 3 aromatic rings. The molecule has 6 heteroatoms. The number of H-pyrrole nitrogens is 1. The Kier molecular flexibility index (Phi) is 3.19. The molecule has 0 aliphatic carbocycles. The van der Waals surface area contributed by atoms with Crippen LogP contribution in [0.2, 0.25) is 0 Å². The second kappa shape index (κ2) is 5.16. The number of carbonyl (C=O) groups is 1. The third-order valence-corrected chi connectivity index (χ3v) is 3.12. The van der Waals surface area contributed by atoms with Crippen molar-refractivity contribution in [2.24, 2.45) is 0 Å². The van der Waals surface area contributed by atoms with Crippen molar-refractivity contribution < 1.29 is 19.1 Å². The Morgan fingerprint density at radius 1 is 1.38 bits per heavy atom. The Morgan fingerprint density at radius 2 is 2.24 bits per heavy atom. The topological polar surface area (TPSA) is 88.4 Å². The fourth-order valence-corrected chi connectivity index (χ4v) is 2.15. The summed E-state index contributed by atoms with van der Waals surface area (Å²) in [5, 5.41) is 16.9. The summed E-state index contributed by atoms with van der Waals surface area (Å²) in [7, 11) is 1.44. The maximum absolute atomic E-state index is 11.3. The molecule has 0 spiro atoms. The minimum Gasteiger partial charge on any atom is -0.495 e. The Hall–Kier alpha value is -3.02. The van der Waals surface area contributed by atoms with Crippen molar-refractivity contribution in [2.45, 2.75) is 0 Å². The van der Waals surface area contributed by atoms with Crippen LogP contribution in [0.5, 0.6) is 5.75 Å². The molecule has 0 unspecified atom stereocenters. The van der Waals surface area contributed by atoms with Crippen LogP contribution in [0.1, 0.15) is 21.6 Å². The summed E-state index contributed by atoms with van der Waals surface area (Å²) in [5.74, 6) is -0.750. The SMILES string of the molecule is COc1c(C(=O)O)ccc2[nH]nc(/C=C/c3ccoc3)c12. The van der Waals surface area contributed by atoms with Gasteiger partial charge in [0.15, 0.2) is 0 Å². The lowest BCUT2D eigenvalue weighted by Crippen LogP contribution is -2.00. The monoisotopic (exact) mass is 284 g/mol. The number of methoxy groups -OCH3 is 1. The molecule has 0 saturated heterocycles. The number of hydrogen-bond acceptors (Lipinski definition) is 4. The molecule has 2 aromatic heterocycles. The number of carboxylic acid groups (broad SMARTS) is 1. The first kappa shape index (κ1) is 13.0. The molecule has 0 fully saturated rings. The molecule has 0 bridgehead atoms. The van der Waals surface area contributed by atoms with Crippen molar-refractivity contribution in [3.8, 4) is 5.75 Å². The zero-order valence-electron chi connectivity index (χ0n) is 11.2. The number of ether oxygens (including phenoxy) is 1. The van der Waals surface area contributed by atoms with Crippen LogP contribution >= 0.6 is 0 Å². The van der Waals surface area contributed by atoms with E-state index in [1.165, 1.54) is 13.2 Å². The molecular weight excluding hydrogens is 272 g/mol. The van der Waals surface area contributed by atoms with Gasteiger partial charge in [-0.25, -0.2) is 4.79 Å². The number of nitrogens with zero attached hydrogens (tertiary/aromatic N) is 1. The predicted molar refractivity (Wildman–Crippen MR) is 77.2 cm³/mol. The van der Waals surface area contributed by atoms with Crippen LogP contribution in [0.15, 0.2) is 35.1 Å². The maximum Gasteiger partial charge on any atom is 0.339 e. The van der Waals surface area contributed by atoms with Crippen LogP contribution in [0, 0.1) is 0 Å². The summed E-state index contributed by atoms with van der Waals surface area (Å²) in [6, 6.07) is 4.97. The summed E-state index contributed by atoms with van der Waals surface area (Å²) in [6.07, 6.45) is 6.78. The Labute approximate surface area is 119 Å². The van der Waals surface area contributed by atoms with E-state index in [-0.39, 0.29) is 5.56 Å². The summed E-state index contributed by atoms with van der Waals surface area (Å²) in [6.45, 7) is 0. The van der Waals surface area contributed by atoms with Gasteiger partial charge in [0.25, 0.3) is 0 Å². The molecule has 0 aliphatic heterocycles. The van der Waals surface area contributed by atoms with Crippen molar-refractivity contribution >= 4 is 29.0 Å². The number of aromatic carboxylic acids is 1. The number of aromatic amines is 1. The summed E-state index contributed by atoms with van der Waals surface area (Å²) < 4.78 is 10.2. The fraction of sp³-hybridized carbons (Fsp3) is 0.0667. The second-order valence-corrected chi connectivity index (χ2v) is 4.37. The van der Waals surface area contributed by atoms with Crippen LogP contribution in [-0.2, 0) is 0 Å². The molecule has 0 atom stereocenters. The first-order valence-corrected chi connectivity index (χ1v) is 6.19. The molecule has 0 amide bonds. The second-order valence-electron chi connectivity index (χ2n) is 4.37. The lowest BCUT2D eigenvalue weighted by atomic mass is 10.1. The van der Waals surface area contributed by atoms with Crippen molar-refractivity contribution in [1.29, 1.82) is 0 Å². The number of furan rings is 1. The third kappa shape index (κ3) is 2.27. The molecule has 0 radical (unpaired) electrons. The maximum atomic E-state index is 11.3. The van der Waals surface area contributed by atoms with Gasteiger partial charge in [-0.15, -0.1) is 0 Å². The van der Waals surface area contributed by atoms with Gasteiger partial charge in [0.1, 0.15) is 11.3 Å². The van der Waals surface area contributed by atoms with E-state index < -0.39 is 5.97 Å². The number of hydrogen-bond donors (Lipinski definition) is 2. The minimum absolute atomic E-state index is 0.101. The zero-order valence-corrected chi connectivity index (χ0v) is 11.2. The Bertz CT molecular complexity index is 816. The zero-order chi connectivity index (χ0) is 14.8. The smallest absolute Gasteiger partial charge is 0.339 e. The molecule has 106 valence electrons. The molecule has 2 N–H and O–H groups in total. The van der Waals surface area contributed by atoms with Gasteiger partial charge < -0.3 is 14.3 Å². The first-order valence-electron chi connectivity index (χ1n) is 6.19. The van der Waals surface area contributed by atoms with Gasteiger partial charge in [0.2, 0.25) is 0 Å². The van der Waals surface area contributed by atoms with E-state index in [0.29, 0.717) is 22.3 Å². The summed E-state index contributed by atoms with van der Waals surface area (Å²) in [4.78, 5) is 11.3. The van der Waals surface area contributed by atoms with E-state index >= 15 is 0 Å². The number of fused-ring (bicyclic) bond motifs is 1. The molecule has 0 aliphatic rings. The average Bonchev–Trinajstić information content (AvgIpc) is 3.13. The largest absolute Gasteiger partial charge is 0.495 e. The lowest BCUT2D eigenvalue weighted by Gasteiger charge is -2.06. The standard InChI is InChI=1S/C15H12N2O4/c1-20-14-10(15(18)19)3-5-12-13(14)11(16-17-12)4-2-9-6-7-21-8-9/h2-8H,1H3,(H,16,17)(H,18,19)/b4-2+. The molecule has 2 heterocycles. The summed E-state index contributed by atoms with van der Waals surface area (Å²) >= 11 is 0. The number of benzene rings is 1. The Balaban J connectivity index is 2.15. The van der Waals surface area contributed by atoms with Crippen molar-refractivity contribution in [3.05, 3.63) is 47.5 Å². The molecule has 1 aromatic carbocycles. The highest BCUT2D eigenvalue weighted by atomic mass is 16.5. The molecule has 0 saturated carbocycles. The predicted octanol–water partition coefficient (Wildman–Crippen LogP) is 3.03. The number of nitrogens with one attached hydrogen (secondary N) is 1. The molecule has 6 nitrogen and oxygen atoms in total. The van der Waals surface area contributed by atoms with Crippen LogP contribution < -0.4 is 4.74 Å². The van der Waals surface area contributed by atoms with Crippen LogP contribution in [0.4, 0.5) is 0 Å². The normalized spacial score (nSPS) is 11.3. The van der Waals surface area contributed by atoms with Crippen LogP contribution in [-0.4, -0.2) is 28.4 Å². The van der Waals surface area contributed by atoms with E-state index in [4.69, 9.17) is 9.15 Å². The number of carboxylic acids is 1. The molecule has 21 heavy (non-hydrogen) atoms. The van der Waals surface area contributed by atoms with Gasteiger partial charge in [0, 0.05) is 5.56 Å². The average molecular weight is 284 g/mol. The van der Waals surface area contributed by atoms with Crippen molar-refractivity contribution in [3.63, 3.8) is 0 Å². The van der Waals surface area contributed by atoms with Gasteiger partial charge in [-0.2, -0.15) is 5.10 Å². The highest BCUT2D eigenvalue weighted by Crippen LogP contribution is 2.32. The molecule has 3 rings (SSSR count). The van der Waals surface area contributed by atoms with Gasteiger partial charge in [-0.05, 0) is 30.4 Å². The first-order chi connectivity index (χ1) is 10.2. The van der Waals surface area contributed by atoms with E-state index in [2.05, 4.69) is 10.2 Å². The third-order valence-electron chi connectivity index (χ3n) is 3.12. The number of aromatic nitrogens is 2. The van der Waals surface area contributed by atoms with E-state index in [1.54, 1.807) is 24.7 Å². The van der Waals surface area contributed by atoms with Crippen LogP contribution in [0.3, 0.4) is 0 Å². The fourth-order valence-electron chi connectivity index (χ4n) is 2.15. The minimum atomic E-state index is -1.04. The van der Waals surface area contributed by atoms with Gasteiger partial charge in [0.05, 0.1) is 36.2 Å².